The molecular formula is C13H17NO4S. The molecule has 2 rings (SSSR count). The second-order valence-electron chi connectivity index (χ2n) is 5.00. The number of carbonyl (C=O) groups is 1. The molecule has 0 bridgehead atoms. The van der Waals surface area contributed by atoms with Gasteiger partial charge in [-0.25, -0.2) is 8.42 Å². The molecule has 1 atom stereocenters. The maximum Gasteiger partial charge on any atom is 0.255 e. The van der Waals surface area contributed by atoms with E-state index in [9.17, 15) is 18.3 Å². The van der Waals surface area contributed by atoms with Gasteiger partial charge in [0.2, 0.25) is 0 Å². The SMILES string of the molecule is Cc1ccc(C(=O)NCC2CCS(=O)(=O)C2)c(O)c1. The first-order valence-corrected chi connectivity index (χ1v) is 7.98. The van der Waals surface area contributed by atoms with Crippen LogP contribution < -0.4 is 5.32 Å². The summed E-state index contributed by atoms with van der Waals surface area (Å²) in [4.78, 5) is 11.9. The predicted molar refractivity (Wildman–Crippen MR) is 71.9 cm³/mol. The Labute approximate surface area is 112 Å². The topological polar surface area (TPSA) is 83.5 Å². The molecule has 1 aromatic carbocycles. The van der Waals surface area contributed by atoms with Crippen molar-refractivity contribution in [2.45, 2.75) is 13.3 Å². The molecule has 1 fully saturated rings. The average molecular weight is 283 g/mol. The number of benzene rings is 1. The molecule has 0 aliphatic carbocycles. The van der Waals surface area contributed by atoms with E-state index in [1.807, 2.05) is 6.92 Å². The summed E-state index contributed by atoms with van der Waals surface area (Å²) in [6, 6.07) is 4.83. The van der Waals surface area contributed by atoms with Crippen LogP contribution in [0.2, 0.25) is 0 Å². The maximum absolute atomic E-state index is 11.9. The van der Waals surface area contributed by atoms with Crippen LogP contribution in [0.3, 0.4) is 0 Å². The molecule has 0 saturated carbocycles. The zero-order chi connectivity index (χ0) is 14.0. The van der Waals surface area contributed by atoms with E-state index in [2.05, 4.69) is 5.32 Å². The Morgan fingerprint density at radius 3 is 2.79 bits per heavy atom. The lowest BCUT2D eigenvalue weighted by molar-refractivity contribution is 0.0946. The van der Waals surface area contributed by atoms with E-state index in [4.69, 9.17) is 0 Å². The second kappa shape index (κ2) is 5.21. The van der Waals surface area contributed by atoms with Gasteiger partial charge < -0.3 is 10.4 Å². The van der Waals surface area contributed by atoms with Crippen LogP contribution in [0.5, 0.6) is 5.75 Å². The highest BCUT2D eigenvalue weighted by molar-refractivity contribution is 7.91. The number of phenols is 1. The molecule has 0 aromatic heterocycles. The zero-order valence-electron chi connectivity index (χ0n) is 10.7. The van der Waals surface area contributed by atoms with Crippen molar-refractivity contribution >= 4 is 15.7 Å². The fraction of sp³-hybridized carbons (Fsp3) is 0.462. The van der Waals surface area contributed by atoms with E-state index in [1.165, 1.54) is 6.07 Å². The van der Waals surface area contributed by atoms with Gasteiger partial charge in [-0.3, -0.25) is 4.79 Å². The lowest BCUT2D eigenvalue weighted by Gasteiger charge is -2.10. The molecular weight excluding hydrogens is 266 g/mol. The van der Waals surface area contributed by atoms with Gasteiger partial charge in [-0.15, -0.1) is 0 Å². The normalized spacial score (nSPS) is 21.2. The number of hydrogen-bond donors (Lipinski definition) is 2. The minimum absolute atomic E-state index is 0.0264. The Hall–Kier alpha value is -1.56. The Balaban J connectivity index is 1.95. The molecule has 0 spiro atoms. The van der Waals surface area contributed by atoms with Crippen molar-refractivity contribution < 1.29 is 18.3 Å². The van der Waals surface area contributed by atoms with Crippen LogP contribution in [-0.2, 0) is 9.84 Å². The summed E-state index contributed by atoms with van der Waals surface area (Å²) in [6.07, 6.45) is 0.586. The van der Waals surface area contributed by atoms with Crippen molar-refractivity contribution in [1.82, 2.24) is 5.32 Å². The van der Waals surface area contributed by atoms with E-state index < -0.39 is 9.84 Å². The molecule has 6 heteroatoms. The summed E-state index contributed by atoms with van der Waals surface area (Å²) in [5.41, 5.74) is 1.09. The predicted octanol–water partition coefficient (Wildman–Crippen LogP) is 0.865. The van der Waals surface area contributed by atoms with Gasteiger partial charge >= 0.3 is 0 Å². The monoisotopic (exact) mass is 283 g/mol. The first-order chi connectivity index (χ1) is 8.87. The maximum atomic E-state index is 11.9. The first kappa shape index (κ1) is 13.9. The molecule has 104 valence electrons. The van der Waals surface area contributed by atoms with Gasteiger partial charge in [-0.1, -0.05) is 6.07 Å². The number of aryl methyl sites for hydroxylation is 1. The highest BCUT2D eigenvalue weighted by Crippen LogP contribution is 2.20. The molecule has 1 saturated heterocycles. The van der Waals surface area contributed by atoms with E-state index in [0.29, 0.717) is 13.0 Å². The van der Waals surface area contributed by atoms with E-state index in [1.54, 1.807) is 12.1 Å². The third kappa shape index (κ3) is 3.47. The molecule has 5 nitrogen and oxygen atoms in total. The molecule has 1 heterocycles. The van der Waals surface area contributed by atoms with Gasteiger partial charge in [-0.2, -0.15) is 0 Å². The molecule has 1 amide bonds. The third-order valence-corrected chi connectivity index (χ3v) is 5.11. The summed E-state index contributed by atoms with van der Waals surface area (Å²) in [7, 11) is -2.92. The highest BCUT2D eigenvalue weighted by atomic mass is 32.2. The lowest BCUT2D eigenvalue weighted by Crippen LogP contribution is -2.29. The van der Waals surface area contributed by atoms with Crippen molar-refractivity contribution in [3.05, 3.63) is 29.3 Å². The highest BCUT2D eigenvalue weighted by Gasteiger charge is 2.28. The third-order valence-electron chi connectivity index (χ3n) is 3.28. The summed E-state index contributed by atoms with van der Waals surface area (Å²) in [5, 5.41) is 12.4. The molecule has 2 N–H and O–H groups in total. The number of phenolic OH excluding ortho intramolecular Hbond substituents is 1. The number of aromatic hydroxyl groups is 1. The minimum atomic E-state index is -2.92. The zero-order valence-corrected chi connectivity index (χ0v) is 11.5. The smallest absolute Gasteiger partial charge is 0.255 e. The Morgan fingerprint density at radius 1 is 1.47 bits per heavy atom. The molecule has 1 aromatic rings. The Morgan fingerprint density at radius 2 is 2.21 bits per heavy atom. The van der Waals surface area contributed by atoms with Gasteiger partial charge in [0, 0.05) is 6.54 Å². The summed E-state index contributed by atoms with van der Waals surface area (Å²) < 4.78 is 22.6. The van der Waals surface area contributed by atoms with Gasteiger partial charge in [0.05, 0.1) is 17.1 Å². The number of nitrogens with one attached hydrogen (secondary N) is 1. The summed E-state index contributed by atoms with van der Waals surface area (Å²) >= 11 is 0. The molecule has 1 unspecified atom stereocenters. The first-order valence-electron chi connectivity index (χ1n) is 6.15. The molecule has 1 aliphatic heterocycles. The number of hydrogen-bond acceptors (Lipinski definition) is 4. The number of carbonyl (C=O) groups excluding carboxylic acids is 1. The van der Waals surface area contributed by atoms with Crippen LogP contribution in [0.4, 0.5) is 0 Å². The second-order valence-corrected chi connectivity index (χ2v) is 7.23. The quantitative estimate of drug-likeness (QED) is 0.862. The number of rotatable bonds is 3. The van der Waals surface area contributed by atoms with Gasteiger partial charge in [0.25, 0.3) is 5.91 Å². The van der Waals surface area contributed by atoms with E-state index >= 15 is 0 Å². The van der Waals surface area contributed by atoms with Crippen molar-refractivity contribution in [3.63, 3.8) is 0 Å². The van der Waals surface area contributed by atoms with Crippen molar-refractivity contribution in [2.75, 3.05) is 18.1 Å². The molecule has 1 aliphatic rings. The number of sulfone groups is 1. The summed E-state index contributed by atoms with van der Waals surface area (Å²) in [5.74, 6) is -0.129. The van der Waals surface area contributed by atoms with E-state index in [0.717, 1.165) is 5.56 Å². The van der Waals surface area contributed by atoms with Crippen molar-refractivity contribution in [3.8, 4) is 5.75 Å². The van der Waals surface area contributed by atoms with Crippen LogP contribution in [0, 0.1) is 12.8 Å². The summed E-state index contributed by atoms with van der Waals surface area (Å²) in [6.45, 7) is 2.15. The fourth-order valence-electron chi connectivity index (χ4n) is 2.20. The van der Waals surface area contributed by atoms with Gasteiger partial charge in [0.1, 0.15) is 5.75 Å². The van der Waals surface area contributed by atoms with Crippen LogP contribution in [0.25, 0.3) is 0 Å². The van der Waals surface area contributed by atoms with Crippen LogP contribution in [0.15, 0.2) is 18.2 Å². The van der Waals surface area contributed by atoms with Crippen LogP contribution >= 0.6 is 0 Å². The van der Waals surface area contributed by atoms with Crippen LogP contribution in [-0.4, -0.2) is 37.5 Å². The minimum Gasteiger partial charge on any atom is -0.507 e. The van der Waals surface area contributed by atoms with Crippen molar-refractivity contribution in [1.29, 1.82) is 0 Å². The Kier molecular flexibility index (Phi) is 3.80. The molecule has 0 radical (unpaired) electrons. The van der Waals surface area contributed by atoms with Gasteiger partial charge in [-0.05, 0) is 37.0 Å². The largest absolute Gasteiger partial charge is 0.507 e. The Bertz CT molecular complexity index is 595. The van der Waals surface area contributed by atoms with Crippen LogP contribution in [0.1, 0.15) is 22.3 Å². The standard InChI is InChI=1S/C13H17NO4S/c1-9-2-3-11(12(15)6-9)13(16)14-7-10-4-5-19(17,18)8-10/h2-3,6,10,15H,4-5,7-8H2,1H3,(H,14,16). The number of amides is 1. The van der Waals surface area contributed by atoms with Gasteiger partial charge in [0.15, 0.2) is 9.84 Å². The molecule has 19 heavy (non-hydrogen) atoms. The fourth-order valence-corrected chi connectivity index (χ4v) is 4.06. The van der Waals surface area contributed by atoms with Crippen molar-refractivity contribution in [2.24, 2.45) is 5.92 Å². The lowest BCUT2D eigenvalue weighted by atomic mass is 10.1. The van der Waals surface area contributed by atoms with E-state index in [-0.39, 0.29) is 34.6 Å². The average Bonchev–Trinajstić information content (AvgIpc) is 2.66.